The Morgan fingerprint density at radius 1 is 0.630 bits per heavy atom. The number of para-hydroxylation sites is 1. The van der Waals surface area contributed by atoms with E-state index in [1.54, 1.807) is 0 Å². The van der Waals surface area contributed by atoms with Crippen LogP contribution in [-0.4, -0.2) is 37.6 Å². The van der Waals surface area contributed by atoms with Crippen LogP contribution < -0.4 is 4.90 Å². The van der Waals surface area contributed by atoms with Crippen LogP contribution in [0.15, 0.2) is 97.1 Å². The fraction of sp³-hybridized carbons (Fsp3) is 0.200. The second kappa shape index (κ2) is 8.70. The van der Waals surface area contributed by atoms with Gasteiger partial charge in [0.25, 0.3) is 0 Å². The highest BCUT2D eigenvalue weighted by molar-refractivity contribution is 5.79. The second-order valence-electron chi connectivity index (χ2n) is 6.97. The smallest absolute Gasteiger partial charge is 0.0367 e. The van der Waals surface area contributed by atoms with E-state index in [0.717, 1.165) is 32.7 Å². The quantitative estimate of drug-likeness (QED) is 0.640. The molecule has 0 aliphatic carbocycles. The number of anilines is 1. The van der Waals surface area contributed by atoms with Gasteiger partial charge in [0.05, 0.1) is 0 Å². The normalized spacial score (nSPS) is 14.7. The van der Waals surface area contributed by atoms with Crippen molar-refractivity contribution < 1.29 is 0 Å². The van der Waals surface area contributed by atoms with Crippen LogP contribution in [0.1, 0.15) is 11.1 Å². The Morgan fingerprint density at radius 2 is 1.11 bits per heavy atom. The van der Waals surface area contributed by atoms with Crippen molar-refractivity contribution >= 4 is 11.3 Å². The molecule has 0 N–H and O–H groups in total. The molecule has 2 nitrogen and oxygen atoms in total. The SMILES string of the molecule is C(CN1CCN(c2ccccc2)CC1)=C(c1ccccc1)c1ccccc1. The van der Waals surface area contributed by atoms with Crippen LogP contribution in [-0.2, 0) is 0 Å². The van der Waals surface area contributed by atoms with Crippen LogP contribution in [0.3, 0.4) is 0 Å². The molecule has 0 saturated carbocycles. The van der Waals surface area contributed by atoms with Crippen LogP contribution in [0.25, 0.3) is 5.57 Å². The van der Waals surface area contributed by atoms with Crippen molar-refractivity contribution in [2.75, 3.05) is 37.6 Å². The fourth-order valence-electron chi connectivity index (χ4n) is 3.69. The van der Waals surface area contributed by atoms with E-state index in [0.29, 0.717) is 0 Å². The Labute approximate surface area is 162 Å². The summed E-state index contributed by atoms with van der Waals surface area (Å²) in [6, 6.07) is 32.2. The third-order valence-electron chi connectivity index (χ3n) is 5.22. The lowest BCUT2D eigenvalue weighted by Crippen LogP contribution is -2.46. The maximum atomic E-state index is 2.55. The van der Waals surface area contributed by atoms with Crippen LogP contribution in [0.2, 0.25) is 0 Å². The Morgan fingerprint density at radius 3 is 1.63 bits per heavy atom. The number of hydrogen-bond acceptors (Lipinski definition) is 2. The van der Waals surface area contributed by atoms with Gasteiger partial charge in [-0.3, -0.25) is 4.90 Å². The van der Waals surface area contributed by atoms with Crippen molar-refractivity contribution in [1.82, 2.24) is 4.90 Å². The minimum atomic E-state index is 0.988. The molecule has 1 fully saturated rings. The summed E-state index contributed by atoms with van der Waals surface area (Å²) in [5, 5.41) is 0. The van der Waals surface area contributed by atoms with Gasteiger partial charge in [-0.05, 0) is 28.8 Å². The zero-order valence-electron chi connectivity index (χ0n) is 15.7. The van der Waals surface area contributed by atoms with E-state index in [1.165, 1.54) is 22.4 Å². The summed E-state index contributed by atoms with van der Waals surface area (Å²) < 4.78 is 0. The topological polar surface area (TPSA) is 6.48 Å². The van der Waals surface area contributed by atoms with Crippen molar-refractivity contribution in [3.63, 3.8) is 0 Å². The fourth-order valence-corrected chi connectivity index (χ4v) is 3.69. The van der Waals surface area contributed by atoms with Gasteiger partial charge in [0.15, 0.2) is 0 Å². The maximum absolute atomic E-state index is 2.55. The number of piperazine rings is 1. The predicted molar refractivity (Wildman–Crippen MR) is 115 cm³/mol. The van der Waals surface area contributed by atoms with Gasteiger partial charge in [-0.2, -0.15) is 0 Å². The van der Waals surface area contributed by atoms with Crippen LogP contribution in [0.5, 0.6) is 0 Å². The molecule has 0 bridgehead atoms. The van der Waals surface area contributed by atoms with Crippen molar-refractivity contribution in [3.05, 3.63) is 108 Å². The van der Waals surface area contributed by atoms with Gasteiger partial charge < -0.3 is 4.90 Å². The first-order valence-electron chi connectivity index (χ1n) is 9.73. The molecule has 3 aromatic rings. The van der Waals surface area contributed by atoms with Crippen molar-refractivity contribution in [2.45, 2.75) is 0 Å². The van der Waals surface area contributed by atoms with Crippen LogP contribution >= 0.6 is 0 Å². The molecule has 0 radical (unpaired) electrons. The van der Waals surface area contributed by atoms with Gasteiger partial charge in [0.1, 0.15) is 0 Å². The van der Waals surface area contributed by atoms with E-state index in [1.807, 2.05) is 0 Å². The standard InChI is InChI=1S/C25H26N2/c1-4-10-22(11-5-1)25(23-12-6-2-7-13-23)16-17-26-18-20-27(21-19-26)24-14-8-3-9-15-24/h1-16H,17-21H2. The highest BCUT2D eigenvalue weighted by Crippen LogP contribution is 2.23. The molecule has 27 heavy (non-hydrogen) atoms. The van der Waals surface area contributed by atoms with Crippen molar-refractivity contribution in [1.29, 1.82) is 0 Å². The van der Waals surface area contributed by atoms with Gasteiger partial charge in [0, 0.05) is 38.4 Å². The summed E-state index contributed by atoms with van der Waals surface area (Å²) >= 11 is 0. The van der Waals surface area contributed by atoms with Gasteiger partial charge in [-0.15, -0.1) is 0 Å². The molecular weight excluding hydrogens is 328 g/mol. The van der Waals surface area contributed by atoms with E-state index in [-0.39, 0.29) is 0 Å². The summed E-state index contributed by atoms with van der Waals surface area (Å²) in [6.45, 7) is 5.36. The largest absolute Gasteiger partial charge is 0.369 e. The van der Waals surface area contributed by atoms with Gasteiger partial charge in [-0.1, -0.05) is 84.9 Å². The summed E-state index contributed by atoms with van der Waals surface area (Å²) in [4.78, 5) is 5.03. The zero-order valence-corrected chi connectivity index (χ0v) is 15.7. The average Bonchev–Trinajstić information content (AvgIpc) is 2.76. The lowest BCUT2D eigenvalue weighted by atomic mass is 9.97. The van der Waals surface area contributed by atoms with Gasteiger partial charge in [0.2, 0.25) is 0 Å². The Kier molecular flexibility index (Phi) is 5.66. The minimum Gasteiger partial charge on any atom is -0.369 e. The molecule has 0 amide bonds. The predicted octanol–water partition coefficient (Wildman–Crippen LogP) is 4.94. The minimum absolute atomic E-state index is 0.988. The molecule has 136 valence electrons. The molecule has 4 rings (SSSR count). The molecule has 1 heterocycles. The summed E-state index contributed by atoms with van der Waals surface area (Å²) in [5.41, 5.74) is 5.22. The number of hydrogen-bond donors (Lipinski definition) is 0. The molecule has 2 heteroatoms. The van der Waals surface area contributed by atoms with Crippen LogP contribution in [0, 0.1) is 0 Å². The molecule has 0 atom stereocenters. The lowest BCUT2D eigenvalue weighted by Gasteiger charge is -2.35. The molecule has 1 saturated heterocycles. The first-order chi connectivity index (χ1) is 13.4. The molecule has 0 spiro atoms. The third kappa shape index (κ3) is 4.47. The summed E-state index contributed by atoms with van der Waals surface area (Å²) in [7, 11) is 0. The first kappa shape index (κ1) is 17.6. The Balaban J connectivity index is 1.45. The second-order valence-corrected chi connectivity index (χ2v) is 6.97. The number of benzene rings is 3. The third-order valence-corrected chi connectivity index (χ3v) is 5.22. The average molecular weight is 354 g/mol. The highest BCUT2D eigenvalue weighted by atomic mass is 15.3. The summed E-state index contributed by atoms with van der Waals surface area (Å²) in [6.07, 6.45) is 2.39. The highest BCUT2D eigenvalue weighted by Gasteiger charge is 2.16. The van der Waals surface area contributed by atoms with Gasteiger partial charge in [-0.25, -0.2) is 0 Å². The molecular formula is C25H26N2. The molecule has 3 aromatic carbocycles. The Hall–Kier alpha value is -2.84. The van der Waals surface area contributed by atoms with Crippen LogP contribution in [0.4, 0.5) is 5.69 Å². The van der Waals surface area contributed by atoms with Gasteiger partial charge >= 0.3 is 0 Å². The zero-order chi connectivity index (χ0) is 18.3. The molecule has 1 aliphatic heterocycles. The van der Waals surface area contributed by atoms with E-state index < -0.39 is 0 Å². The first-order valence-corrected chi connectivity index (χ1v) is 9.73. The van der Waals surface area contributed by atoms with Crippen molar-refractivity contribution in [2.24, 2.45) is 0 Å². The number of nitrogens with zero attached hydrogens (tertiary/aromatic N) is 2. The van der Waals surface area contributed by atoms with E-state index in [9.17, 15) is 0 Å². The van der Waals surface area contributed by atoms with E-state index in [4.69, 9.17) is 0 Å². The van der Waals surface area contributed by atoms with Crippen molar-refractivity contribution in [3.8, 4) is 0 Å². The summed E-state index contributed by atoms with van der Waals surface area (Å²) in [5.74, 6) is 0. The lowest BCUT2D eigenvalue weighted by molar-refractivity contribution is 0.284. The maximum Gasteiger partial charge on any atom is 0.0367 e. The molecule has 0 unspecified atom stereocenters. The van der Waals surface area contributed by atoms with E-state index in [2.05, 4.69) is 107 Å². The number of rotatable bonds is 5. The molecule has 1 aliphatic rings. The van der Waals surface area contributed by atoms with E-state index >= 15 is 0 Å². The Bertz CT molecular complexity index is 807. The monoisotopic (exact) mass is 354 g/mol. The molecule has 0 aromatic heterocycles.